The highest BCUT2D eigenvalue weighted by Crippen LogP contribution is 2.36. The van der Waals surface area contributed by atoms with E-state index in [2.05, 4.69) is 42.9 Å². The molecule has 1 aliphatic rings. The van der Waals surface area contributed by atoms with Crippen molar-refractivity contribution in [3.63, 3.8) is 0 Å². The number of rotatable bonds is 8. The summed E-state index contributed by atoms with van der Waals surface area (Å²) in [5, 5.41) is 18.9. The van der Waals surface area contributed by atoms with E-state index >= 15 is 0 Å². The van der Waals surface area contributed by atoms with Crippen molar-refractivity contribution < 1.29 is 9.53 Å². The lowest BCUT2D eigenvalue weighted by atomic mass is 9.83. The van der Waals surface area contributed by atoms with Crippen molar-refractivity contribution in [3.05, 3.63) is 99.5 Å². The summed E-state index contributed by atoms with van der Waals surface area (Å²) in [6.07, 6.45) is 5.68. The largest absolute Gasteiger partial charge is 0.497 e. The van der Waals surface area contributed by atoms with Crippen LogP contribution in [0, 0.1) is 11.8 Å². The molecule has 0 aliphatic heterocycles. The number of thioether (sulfide) groups is 1. The fourth-order valence-corrected chi connectivity index (χ4v) is 5.94. The van der Waals surface area contributed by atoms with Gasteiger partial charge in [0, 0.05) is 33.0 Å². The van der Waals surface area contributed by atoms with E-state index in [1.54, 1.807) is 29.3 Å². The summed E-state index contributed by atoms with van der Waals surface area (Å²) in [6, 6.07) is 20.9. The number of nitrogens with zero attached hydrogens (tertiary/aromatic N) is 5. The van der Waals surface area contributed by atoms with E-state index < -0.39 is 0 Å². The second-order valence-corrected chi connectivity index (χ2v) is 11.6. The average Bonchev–Trinajstić information content (AvgIpc) is 3.65. The van der Waals surface area contributed by atoms with Crippen molar-refractivity contribution in [2.75, 3.05) is 18.7 Å². The van der Waals surface area contributed by atoms with Gasteiger partial charge in [-0.05, 0) is 78.3 Å². The Morgan fingerprint density at radius 3 is 2.74 bits per heavy atom. The summed E-state index contributed by atoms with van der Waals surface area (Å²) in [5.74, 6) is 8.06. The lowest BCUT2D eigenvalue weighted by molar-refractivity contribution is 0.102. The molecule has 0 spiro atoms. The minimum absolute atomic E-state index is 0.197. The number of methoxy groups -OCH3 is 1. The molecule has 210 valence electrons. The Bertz CT molecular complexity index is 1780. The maximum atomic E-state index is 13.3. The number of amides is 1. The van der Waals surface area contributed by atoms with Gasteiger partial charge in [-0.2, -0.15) is 4.80 Å². The van der Waals surface area contributed by atoms with Gasteiger partial charge in [-0.3, -0.25) is 4.79 Å². The molecule has 3 aromatic carbocycles. The first-order valence-electron chi connectivity index (χ1n) is 13.6. The molecule has 5 aromatic rings. The Morgan fingerprint density at radius 2 is 1.98 bits per heavy atom. The van der Waals surface area contributed by atoms with Crippen molar-refractivity contribution >= 4 is 34.7 Å². The van der Waals surface area contributed by atoms with Crippen LogP contribution in [0.4, 0.5) is 5.69 Å². The van der Waals surface area contributed by atoms with Crippen LogP contribution in [0.1, 0.15) is 57.4 Å². The molecule has 0 atom stereocenters. The van der Waals surface area contributed by atoms with E-state index in [9.17, 15) is 4.79 Å². The molecule has 0 bridgehead atoms. The minimum Gasteiger partial charge on any atom is -0.497 e. The van der Waals surface area contributed by atoms with Gasteiger partial charge >= 0.3 is 0 Å². The van der Waals surface area contributed by atoms with Gasteiger partial charge in [0.2, 0.25) is 5.82 Å². The molecule has 10 heteroatoms. The first kappa shape index (κ1) is 27.7. The molecule has 0 saturated heterocycles. The number of carbonyl (C=O) groups is 1. The smallest absolute Gasteiger partial charge is 0.256 e. The van der Waals surface area contributed by atoms with Gasteiger partial charge in [0.05, 0.1) is 24.9 Å². The van der Waals surface area contributed by atoms with Gasteiger partial charge in [0.25, 0.3) is 5.91 Å². The molecule has 1 N–H and O–H groups in total. The van der Waals surface area contributed by atoms with Crippen LogP contribution in [0.2, 0.25) is 0 Å². The molecule has 0 radical (unpaired) electrons. The second-order valence-electron chi connectivity index (χ2n) is 9.90. The molecule has 2 aromatic heterocycles. The van der Waals surface area contributed by atoms with E-state index in [1.807, 2.05) is 66.9 Å². The van der Waals surface area contributed by atoms with Crippen molar-refractivity contribution in [1.29, 1.82) is 0 Å². The lowest BCUT2D eigenvalue weighted by Crippen LogP contribution is -2.13. The molecular weight excluding hydrogens is 565 g/mol. The van der Waals surface area contributed by atoms with Crippen LogP contribution in [-0.2, 0) is 6.54 Å². The summed E-state index contributed by atoms with van der Waals surface area (Å²) >= 11 is 3.08. The van der Waals surface area contributed by atoms with Crippen LogP contribution in [-0.4, -0.2) is 44.5 Å². The second kappa shape index (κ2) is 12.6. The number of carbonyl (C=O) groups excluding carboxylic acids is 1. The lowest BCUT2D eigenvalue weighted by Gasteiger charge is -2.22. The molecule has 0 unspecified atom stereocenters. The summed E-state index contributed by atoms with van der Waals surface area (Å²) < 4.78 is 5.22. The number of hydrogen-bond donors (Lipinski definition) is 1. The zero-order chi connectivity index (χ0) is 28.9. The first-order chi connectivity index (χ1) is 20.6. The van der Waals surface area contributed by atoms with Gasteiger partial charge in [-0.25, -0.2) is 4.98 Å². The van der Waals surface area contributed by atoms with Gasteiger partial charge in [0.1, 0.15) is 5.75 Å². The van der Waals surface area contributed by atoms with Crippen LogP contribution in [0.15, 0.2) is 77.0 Å². The van der Waals surface area contributed by atoms with Crippen molar-refractivity contribution in [2.24, 2.45) is 0 Å². The summed E-state index contributed by atoms with van der Waals surface area (Å²) in [5.41, 5.74) is 5.06. The fourth-order valence-electron chi connectivity index (χ4n) is 4.57. The third kappa shape index (κ3) is 6.38. The Kier molecular flexibility index (Phi) is 8.30. The van der Waals surface area contributed by atoms with Crippen LogP contribution in [0.25, 0.3) is 11.4 Å². The van der Waals surface area contributed by atoms with Gasteiger partial charge in [-0.15, -0.1) is 33.3 Å². The van der Waals surface area contributed by atoms with E-state index in [0.29, 0.717) is 29.5 Å². The Labute approximate surface area is 252 Å². The van der Waals surface area contributed by atoms with Crippen molar-refractivity contribution in [3.8, 4) is 29.0 Å². The SMILES string of the molecule is COc1ccc(Cn2nnc(-c3ccc(C(=O)Nc4cccc(C#Cc5nc(C6CCC6)cs5)c4)c(SC)c3)n2)cc1. The van der Waals surface area contributed by atoms with E-state index in [0.717, 1.165) is 32.3 Å². The summed E-state index contributed by atoms with van der Waals surface area (Å²) in [7, 11) is 1.64. The van der Waals surface area contributed by atoms with E-state index in [-0.39, 0.29) is 5.91 Å². The number of ether oxygens (including phenoxy) is 1. The Hall–Kier alpha value is -4.46. The van der Waals surface area contributed by atoms with Crippen molar-refractivity contribution in [1.82, 2.24) is 25.2 Å². The highest BCUT2D eigenvalue weighted by Gasteiger charge is 2.21. The molecule has 1 saturated carbocycles. The number of anilines is 1. The third-order valence-corrected chi connectivity index (χ3v) is 8.67. The molecule has 1 aliphatic carbocycles. The van der Waals surface area contributed by atoms with Crippen LogP contribution < -0.4 is 10.1 Å². The Morgan fingerprint density at radius 1 is 1.12 bits per heavy atom. The van der Waals surface area contributed by atoms with Crippen LogP contribution in [0.3, 0.4) is 0 Å². The zero-order valence-electron chi connectivity index (χ0n) is 23.2. The number of tetrazole rings is 1. The quantitative estimate of drug-likeness (QED) is 0.162. The molecule has 1 fully saturated rings. The van der Waals surface area contributed by atoms with Crippen molar-refractivity contribution in [2.45, 2.75) is 36.6 Å². The number of hydrogen-bond acceptors (Lipinski definition) is 8. The van der Waals surface area contributed by atoms with Gasteiger partial charge < -0.3 is 10.1 Å². The highest BCUT2D eigenvalue weighted by molar-refractivity contribution is 7.98. The average molecular weight is 593 g/mol. The summed E-state index contributed by atoms with van der Waals surface area (Å²) in [6.45, 7) is 0.488. The summed E-state index contributed by atoms with van der Waals surface area (Å²) in [4.78, 5) is 20.3. The normalized spacial score (nSPS) is 12.7. The zero-order valence-corrected chi connectivity index (χ0v) is 24.8. The standard InChI is InChI=1S/C32H28N6O2S2/c1-40-26-13-9-22(10-14-26)19-38-36-31(35-37-38)24-12-15-27(29(18-24)41-2)32(39)33-25-8-3-5-21(17-25)11-16-30-34-28(20-42-30)23-6-4-7-23/h3,5,8-10,12-15,17-18,20,23H,4,6-7,19H2,1-2H3,(H,33,39). The maximum Gasteiger partial charge on any atom is 0.256 e. The predicted molar refractivity (Wildman–Crippen MR) is 166 cm³/mol. The number of benzene rings is 3. The van der Waals surface area contributed by atoms with E-state index in [1.165, 1.54) is 36.7 Å². The molecule has 1 amide bonds. The van der Waals surface area contributed by atoms with E-state index in [4.69, 9.17) is 4.74 Å². The molecule has 42 heavy (non-hydrogen) atoms. The maximum absolute atomic E-state index is 13.3. The number of thiazole rings is 1. The fraction of sp³-hybridized carbons (Fsp3) is 0.219. The Balaban J connectivity index is 1.13. The predicted octanol–water partition coefficient (Wildman–Crippen LogP) is 6.50. The molecular formula is C32H28N6O2S2. The monoisotopic (exact) mass is 592 g/mol. The molecule has 6 rings (SSSR count). The number of aromatic nitrogens is 5. The van der Waals surface area contributed by atoms with Gasteiger partial charge in [-0.1, -0.05) is 36.6 Å². The molecule has 8 nitrogen and oxygen atoms in total. The molecule has 2 heterocycles. The number of nitrogens with one attached hydrogen (secondary N) is 1. The first-order valence-corrected chi connectivity index (χ1v) is 15.7. The van der Waals surface area contributed by atoms with Crippen LogP contribution in [0.5, 0.6) is 5.75 Å². The third-order valence-electron chi connectivity index (χ3n) is 7.12. The highest BCUT2D eigenvalue weighted by atomic mass is 32.2. The van der Waals surface area contributed by atoms with Crippen LogP contribution >= 0.6 is 23.1 Å². The van der Waals surface area contributed by atoms with Gasteiger partial charge in [0.15, 0.2) is 5.01 Å². The minimum atomic E-state index is -0.197. The topological polar surface area (TPSA) is 94.8 Å².